The van der Waals surface area contributed by atoms with E-state index >= 15 is 0 Å². The predicted octanol–water partition coefficient (Wildman–Crippen LogP) is 6.08. The molecule has 1 fully saturated rings. The summed E-state index contributed by atoms with van der Waals surface area (Å²) in [7, 11) is 0. The highest BCUT2D eigenvalue weighted by Gasteiger charge is 2.48. The van der Waals surface area contributed by atoms with Crippen molar-refractivity contribution in [2.24, 2.45) is 0 Å². The zero-order valence-corrected chi connectivity index (χ0v) is 20.7. The van der Waals surface area contributed by atoms with E-state index in [0.29, 0.717) is 33.7 Å². The van der Waals surface area contributed by atoms with Crippen molar-refractivity contribution in [3.05, 3.63) is 94.3 Å². The lowest BCUT2D eigenvalue weighted by Crippen LogP contribution is -2.29. The van der Waals surface area contributed by atoms with Crippen LogP contribution in [0.3, 0.4) is 0 Å². The summed E-state index contributed by atoms with van der Waals surface area (Å²) < 4.78 is 19.9. The number of aromatic nitrogens is 1. The number of halogens is 1. The third-order valence-corrected chi connectivity index (χ3v) is 7.16. The smallest absolute Gasteiger partial charge is 0.301 e. The van der Waals surface area contributed by atoms with Crippen molar-refractivity contribution in [1.29, 1.82) is 0 Å². The topological polar surface area (TPSA) is 79.7 Å². The SMILES string of the molecule is CCOc1ccc(C2C(=C(O)c3cc(C)ccc3C)C(=O)C(=O)N2c2nc3ccc(F)cc3s2)cc1. The van der Waals surface area contributed by atoms with Gasteiger partial charge in [-0.15, -0.1) is 0 Å². The minimum absolute atomic E-state index is 0.0247. The molecule has 8 heteroatoms. The lowest BCUT2D eigenvalue weighted by molar-refractivity contribution is -0.132. The van der Waals surface area contributed by atoms with Crippen molar-refractivity contribution in [2.45, 2.75) is 26.8 Å². The second-order valence-corrected chi connectivity index (χ2v) is 9.61. The van der Waals surface area contributed by atoms with E-state index in [4.69, 9.17) is 4.74 Å². The van der Waals surface area contributed by atoms with Crippen LogP contribution in [0.15, 0.2) is 66.2 Å². The summed E-state index contributed by atoms with van der Waals surface area (Å²) in [6, 6.07) is 15.8. The number of hydrogen-bond acceptors (Lipinski definition) is 6. The van der Waals surface area contributed by atoms with Crippen LogP contribution in [0.4, 0.5) is 9.52 Å². The Kier molecular flexibility index (Phi) is 6.05. The first-order valence-electron chi connectivity index (χ1n) is 11.5. The third kappa shape index (κ3) is 4.03. The van der Waals surface area contributed by atoms with Gasteiger partial charge in [-0.05, 0) is 68.3 Å². The number of carbonyl (C=O) groups excluding carboxylic acids is 2. The highest BCUT2D eigenvalue weighted by Crippen LogP contribution is 2.45. The fourth-order valence-corrected chi connectivity index (χ4v) is 5.40. The molecule has 1 saturated heterocycles. The highest BCUT2D eigenvalue weighted by molar-refractivity contribution is 7.22. The maximum absolute atomic E-state index is 13.8. The molecule has 1 unspecified atom stereocenters. The Morgan fingerprint density at radius 2 is 1.83 bits per heavy atom. The van der Waals surface area contributed by atoms with Crippen LogP contribution in [0.5, 0.6) is 5.75 Å². The van der Waals surface area contributed by atoms with Gasteiger partial charge in [0.15, 0.2) is 5.13 Å². The molecule has 6 nitrogen and oxygen atoms in total. The molecule has 5 rings (SSSR count). The fraction of sp³-hybridized carbons (Fsp3) is 0.179. The molecule has 1 aliphatic rings. The predicted molar refractivity (Wildman–Crippen MR) is 138 cm³/mol. The number of nitrogens with zero attached hydrogens (tertiary/aromatic N) is 2. The van der Waals surface area contributed by atoms with E-state index in [1.807, 2.05) is 32.9 Å². The molecule has 0 saturated carbocycles. The Labute approximate surface area is 211 Å². The molecular formula is C28H23FN2O4S. The van der Waals surface area contributed by atoms with E-state index < -0.39 is 23.5 Å². The maximum Gasteiger partial charge on any atom is 0.301 e. The van der Waals surface area contributed by atoms with Gasteiger partial charge in [-0.2, -0.15) is 0 Å². The van der Waals surface area contributed by atoms with Gasteiger partial charge >= 0.3 is 5.91 Å². The largest absolute Gasteiger partial charge is 0.507 e. The molecule has 0 bridgehead atoms. The average molecular weight is 503 g/mol. The number of ether oxygens (including phenoxy) is 1. The van der Waals surface area contributed by atoms with E-state index in [1.165, 1.54) is 23.1 Å². The molecule has 36 heavy (non-hydrogen) atoms. The van der Waals surface area contributed by atoms with Crippen LogP contribution in [-0.4, -0.2) is 28.4 Å². The third-order valence-electron chi connectivity index (χ3n) is 6.14. The molecule has 1 aromatic heterocycles. The van der Waals surface area contributed by atoms with Crippen molar-refractivity contribution in [1.82, 2.24) is 4.98 Å². The summed E-state index contributed by atoms with van der Waals surface area (Å²) in [6.07, 6.45) is 0. The van der Waals surface area contributed by atoms with Gasteiger partial charge in [-0.25, -0.2) is 9.37 Å². The minimum Gasteiger partial charge on any atom is -0.507 e. The summed E-state index contributed by atoms with van der Waals surface area (Å²) in [6.45, 7) is 6.09. The first kappa shape index (κ1) is 23.7. The number of aliphatic hydroxyl groups is 1. The van der Waals surface area contributed by atoms with Gasteiger partial charge in [0.1, 0.15) is 17.3 Å². The van der Waals surface area contributed by atoms with Crippen molar-refractivity contribution < 1.29 is 23.8 Å². The van der Waals surface area contributed by atoms with E-state index in [9.17, 15) is 19.1 Å². The number of aryl methyl sites for hydroxylation is 2. The van der Waals surface area contributed by atoms with Crippen LogP contribution in [0.1, 0.15) is 35.2 Å². The maximum atomic E-state index is 13.8. The molecule has 1 aliphatic heterocycles. The molecule has 1 atom stereocenters. The molecule has 1 N–H and O–H groups in total. The van der Waals surface area contributed by atoms with Gasteiger partial charge in [0, 0.05) is 5.56 Å². The van der Waals surface area contributed by atoms with Gasteiger partial charge in [0.2, 0.25) is 0 Å². The summed E-state index contributed by atoms with van der Waals surface area (Å²) >= 11 is 1.11. The van der Waals surface area contributed by atoms with Crippen molar-refractivity contribution in [3.63, 3.8) is 0 Å². The molecule has 3 aromatic carbocycles. The average Bonchev–Trinajstić information content (AvgIpc) is 3.38. The van der Waals surface area contributed by atoms with E-state index in [0.717, 1.165) is 22.5 Å². The first-order valence-corrected chi connectivity index (χ1v) is 12.3. The summed E-state index contributed by atoms with van der Waals surface area (Å²) in [5.74, 6) is -1.64. The highest BCUT2D eigenvalue weighted by atomic mass is 32.1. The molecule has 4 aromatic rings. The number of Topliss-reactive ketones (excluding diaryl/α,β-unsaturated/α-hetero) is 1. The number of benzene rings is 3. The Hall–Kier alpha value is -4.04. The van der Waals surface area contributed by atoms with Crippen LogP contribution in [0.2, 0.25) is 0 Å². The molecule has 2 heterocycles. The zero-order valence-electron chi connectivity index (χ0n) is 19.9. The Morgan fingerprint density at radius 1 is 1.08 bits per heavy atom. The number of carbonyl (C=O) groups is 2. The van der Waals surface area contributed by atoms with E-state index in [1.54, 1.807) is 30.3 Å². The minimum atomic E-state index is -0.925. The number of hydrogen-bond donors (Lipinski definition) is 1. The summed E-state index contributed by atoms with van der Waals surface area (Å²) in [5, 5.41) is 11.7. The van der Waals surface area contributed by atoms with Crippen LogP contribution >= 0.6 is 11.3 Å². The van der Waals surface area contributed by atoms with Crippen LogP contribution in [0.25, 0.3) is 16.0 Å². The zero-order chi connectivity index (χ0) is 25.6. The van der Waals surface area contributed by atoms with Crippen LogP contribution in [0, 0.1) is 19.7 Å². The molecule has 1 amide bonds. The lowest BCUT2D eigenvalue weighted by Gasteiger charge is -2.23. The lowest BCUT2D eigenvalue weighted by atomic mass is 9.93. The molecular weight excluding hydrogens is 479 g/mol. The fourth-order valence-electron chi connectivity index (χ4n) is 4.38. The van der Waals surface area contributed by atoms with Crippen LogP contribution in [-0.2, 0) is 9.59 Å². The van der Waals surface area contributed by atoms with Crippen molar-refractivity contribution in [2.75, 3.05) is 11.5 Å². The number of thiazole rings is 1. The Morgan fingerprint density at radius 3 is 2.56 bits per heavy atom. The number of rotatable bonds is 5. The second-order valence-electron chi connectivity index (χ2n) is 8.60. The second kappa shape index (κ2) is 9.20. The normalized spacial score (nSPS) is 17.2. The van der Waals surface area contributed by atoms with E-state index in [-0.39, 0.29) is 16.5 Å². The molecule has 0 spiro atoms. The number of fused-ring (bicyclic) bond motifs is 1. The summed E-state index contributed by atoms with van der Waals surface area (Å²) in [5.41, 5.74) is 3.25. The first-order chi connectivity index (χ1) is 17.3. The van der Waals surface area contributed by atoms with Gasteiger partial charge < -0.3 is 9.84 Å². The van der Waals surface area contributed by atoms with E-state index in [2.05, 4.69) is 4.98 Å². The van der Waals surface area contributed by atoms with Gasteiger partial charge in [-0.1, -0.05) is 41.2 Å². The summed E-state index contributed by atoms with van der Waals surface area (Å²) in [4.78, 5) is 32.6. The number of aliphatic hydroxyl groups excluding tert-OH is 1. The van der Waals surface area contributed by atoms with Gasteiger partial charge in [0.25, 0.3) is 5.78 Å². The van der Waals surface area contributed by atoms with Crippen molar-refractivity contribution >= 4 is 44.1 Å². The Bertz CT molecular complexity index is 1540. The van der Waals surface area contributed by atoms with Crippen molar-refractivity contribution in [3.8, 4) is 5.75 Å². The van der Waals surface area contributed by atoms with Gasteiger partial charge in [0.05, 0.1) is 28.4 Å². The number of amides is 1. The van der Waals surface area contributed by atoms with Crippen LogP contribution < -0.4 is 9.64 Å². The Balaban J connectivity index is 1.73. The standard InChI is InChI=1S/C28H23FN2O4S/c1-4-35-19-10-7-17(8-11-19)24-23(25(32)20-13-15(2)5-6-16(20)3)26(33)27(34)31(24)28-30-21-12-9-18(29)14-22(21)36-28/h5-14,24,32H,4H2,1-3H3. The number of anilines is 1. The molecule has 0 radical (unpaired) electrons. The molecule has 0 aliphatic carbocycles. The van der Waals surface area contributed by atoms with Gasteiger partial charge in [-0.3, -0.25) is 14.5 Å². The number of ketones is 1. The molecule has 182 valence electrons. The quantitative estimate of drug-likeness (QED) is 0.203. The monoisotopic (exact) mass is 502 g/mol.